The van der Waals surface area contributed by atoms with Crippen molar-refractivity contribution in [2.45, 2.75) is 70.6 Å². The quantitative estimate of drug-likeness (QED) is 0.903. The van der Waals surface area contributed by atoms with Crippen LogP contribution in [0.4, 0.5) is 0 Å². The van der Waals surface area contributed by atoms with E-state index in [0.29, 0.717) is 12.5 Å². The molecule has 1 aromatic heterocycles. The fourth-order valence-electron chi connectivity index (χ4n) is 2.98. The third-order valence-electron chi connectivity index (χ3n) is 4.27. The maximum absolute atomic E-state index is 5.72. The van der Waals surface area contributed by atoms with E-state index in [1.165, 1.54) is 37.8 Å². The highest BCUT2D eigenvalue weighted by Gasteiger charge is 2.25. The highest BCUT2D eigenvalue weighted by Crippen LogP contribution is 2.33. The number of hydrogen-bond donors (Lipinski definition) is 1. The van der Waals surface area contributed by atoms with E-state index in [0.717, 1.165) is 17.9 Å². The van der Waals surface area contributed by atoms with Gasteiger partial charge in [0.2, 0.25) is 0 Å². The molecule has 0 unspecified atom stereocenters. The van der Waals surface area contributed by atoms with Crippen LogP contribution in [-0.2, 0) is 5.41 Å². The summed E-state index contributed by atoms with van der Waals surface area (Å²) in [6.45, 7) is 7.15. The molecule has 1 fully saturated rings. The highest BCUT2D eigenvalue weighted by atomic mass is 14.9. The molecule has 1 aliphatic carbocycles. The summed E-state index contributed by atoms with van der Waals surface area (Å²) in [6.07, 6.45) is 7.57. The second-order valence-electron chi connectivity index (χ2n) is 6.52. The normalized spacial score (nSPS) is 17.7. The van der Waals surface area contributed by atoms with Crippen LogP contribution in [0.1, 0.15) is 75.5 Å². The molecule has 0 atom stereocenters. The average molecular weight is 261 g/mol. The Balaban J connectivity index is 2.28. The average Bonchev–Trinajstić information content (AvgIpc) is 2.39. The van der Waals surface area contributed by atoms with Crippen molar-refractivity contribution in [2.24, 2.45) is 5.73 Å². The molecular weight excluding hydrogens is 234 g/mol. The van der Waals surface area contributed by atoms with Crippen LogP contribution < -0.4 is 5.73 Å². The van der Waals surface area contributed by atoms with E-state index in [2.05, 4.69) is 31.8 Å². The van der Waals surface area contributed by atoms with Gasteiger partial charge < -0.3 is 5.73 Å². The monoisotopic (exact) mass is 261 g/mol. The lowest BCUT2D eigenvalue weighted by Crippen LogP contribution is -2.26. The second-order valence-corrected chi connectivity index (χ2v) is 6.52. The first-order valence-electron chi connectivity index (χ1n) is 7.59. The summed E-state index contributed by atoms with van der Waals surface area (Å²) < 4.78 is 0. The van der Waals surface area contributed by atoms with Gasteiger partial charge in [-0.05, 0) is 38.8 Å². The molecule has 1 saturated carbocycles. The summed E-state index contributed by atoms with van der Waals surface area (Å²) in [6, 6.07) is 2.18. The van der Waals surface area contributed by atoms with E-state index in [9.17, 15) is 0 Å². The summed E-state index contributed by atoms with van der Waals surface area (Å²) in [5, 5.41) is 0. The van der Waals surface area contributed by atoms with Gasteiger partial charge in [0.15, 0.2) is 0 Å². The Labute approximate surface area is 117 Å². The Kier molecular flexibility index (Phi) is 4.56. The van der Waals surface area contributed by atoms with Crippen LogP contribution in [-0.4, -0.2) is 16.5 Å². The van der Waals surface area contributed by atoms with Crippen molar-refractivity contribution < 1.29 is 0 Å². The minimum Gasteiger partial charge on any atom is -0.330 e. The molecule has 1 heterocycles. The number of rotatable bonds is 4. The van der Waals surface area contributed by atoms with Crippen molar-refractivity contribution in [2.75, 3.05) is 6.54 Å². The number of nitrogens with zero attached hydrogens (tertiary/aromatic N) is 2. The molecule has 0 spiro atoms. The molecule has 0 aliphatic heterocycles. The smallest absolute Gasteiger partial charge is 0.134 e. The zero-order valence-electron chi connectivity index (χ0n) is 12.6. The minimum absolute atomic E-state index is 0.0236. The van der Waals surface area contributed by atoms with Gasteiger partial charge in [-0.15, -0.1) is 0 Å². The molecule has 0 aromatic carbocycles. The fraction of sp³-hybridized carbons (Fsp3) is 0.750. The van der Waals surface area contributed by atoms with Gasteiger partial charge >= 0.3 is 0 Å². The fourth-order valence-corrected chi connectivity index (χ4v) is 2.98. The molecule has 1 aliphatic rings. The minimum atomic E-state index is -0.0236. The van der Waals surface area contributed by atoms with Gasteiger partial charge in [-0.25, -0.2) is 9.97 Å². The van der Waals surface area contributed by atoms with Gasteiger partial charge in [-0.2, -0.15) is 0 Å². The zero-order chi connectivity index (χ0) is 13.9. The van der Waals surface area contributed by atoms with E-state index in [-0.39, 0.29) is 5.41 Å². The van der Waals surface area contributed by atoms with Crippen molar-refractivity contribution in [3.8, 4) is 0 Å². The first kappa shape index (κ1) is 14.4. The summed E-state index contributed by atoms with van der Waals surface area (Å²) >= 11 is 0. The van der Waals surface area contributed by atoms with Gasteiger partial charge in [-0.3, -0.25) is 0 Å². The van der Waals surface area contributed by atoms with Gasteiger partial charge in [0.05, 0.1) is 0 Å². The Morgan fingerprint density at radius 1 is 1.21 bits per heavy atom. The molecule has 3 nitrogen and oxygen atoms in total. The lowest BCUT2D eigenvalue weighted by molar-refractivity contribution is 0.421. The topological polar surface area (TPSA) is 51.8 Å². The summed E-state index contributed by atoms with van der Waals surface area (Å²) in [5.74, 6) is 1.61. The Morgan fingerprint density at radius 3 is 2.53 bits per heavy atom. The maximum atomic E-state index is 5.72. The van der Waals surface area contributed by atoms with Gasteiger partial charge in [0, 0.05) is 22.7 Å². The maximum Gasteiger partial charge on any atom is 0.134 e. The van der Waals surface area contributed by atoms with Crippen LogP contribution in [0.5, 0.6) is 0 Å². The van der Waals surface area contributed by atoms with E-state index in [4.69, 9.17) is 10.7 Å². The lowest BCUT2D eigenvalue weighted by Gasteiger charge is -2.26. The van der Waals surface area contributed by atoms with E-state index in [1.54, 1.807) is 0 Å². The molecule has 0 amide bonds. The van der Waals surface area contributed by atoms with Crippen molar-refractivity contribution in [3.63, 3.8) is 0 Å². The van der Waals surface area contributed by atoms with Crippen LogP contribution in [0.15, 0.2) is 6.07 Å². The Bertz CT molecular complexity index is 420. The first-order valence-corrected chi connectivity index (χ1v) is 7.59. The third-order valence-corrected chi connectivity index (χ3v) is 4.27. The summed E-state index contributed by atoms with van der Waals surface area (Å²) in [7, 11) is 0. The largest absolute Gasteiger partial charge is 0.330 e. The predicted molar refractivity (Wildman–Crippen MR) is 79.3 cm³/mol. The second kappa shape index (κ2) is 6.00. The van der Waals surface area contributed by atoms with Gasteiger partial charge in [0.25, 0.3) is 0 Å². The standard InChI is InChI=1S/C16H27N3/c1-12-11-14(13-7-5-4-6-8-13)19-15(18-12)16(2,3)9-10-17/h11,13H,4-10,17H2,1-3H3. The SMILES string of the molecule is Cc1cc(C2CCCCC2)nc(C(C)(C)CCN)n1. The van der Waals surface area contributed by atoms with Gasteiger partial charge in [0.1, 0.15) is 5.82 Å². The number of aromatic nitrogens is 2. The van der Waals surface area contributed by atoms with Crippen molar-refractivity contribution in [1.29, 1.82) is 0 Å². The summed E-state index contributed by atoms with van der Waals surface area (Å²) in [4.78, 5) is 9.53. The van der Waals surface area contributed by atoms with Crippen LogP contribution in [0.3, 0.4) is 0 Å². The summed E-state index contributed by atoms with van der Waals surface area (Å²) in [5.41, 5.74) is 8.04. The molecule has 0 saturated heterocycles. The zero-order valence-corrected chi connectivity index (χ0v) is 12.6. The van der Waals surface area contributed by atoms with Crippen molar-refractivity contribution in [3.05, 3.63) is 23.3 Å². The first-order chi connectivity index (χ1) is 9.03. The molecule has 2 rings (SSSR count). The molecule has 0 radical (unpaired) electrons. The number of aryl methyl sites for hydroxylation is 1. The van der Waals surface area contributed by atoms with Crippen LogP contribution >= 0.6 is 0 Å². The highest BCUT2D eigenvalue weighted by molar-refractivity contribution is 5.18. The number of hydrogen-bond acceptors (Lipinski definition) is 3. The molecule has 106 valence electrons. The van der Waals surface area contributed by atoms with Crippen LogP contribution in [0, 0.1) is 6.92 Å². The molecule has 0 bridgehead atoms. The van der Waals surface area contributed by atoms with Crippen molar-refractivity contribution in [1.82, 2.24) is 9.97 Å². The van der Waals surface area contributed by atoms with Crippen LogP contribution in [0.25, 0.3) is 0 Å². The lowest BCUT2D eigenvalue weighted by atomic mass is 9.85. The molecule has 1 aromatic rings. The van der Waals surface area contributed by atoms with Gasteiger partial charge in [-0.1, -0.05) is 33.1 Å². The predicted octanol–water partition coefficient (Wildman–Crippen LogP) is 3.46. The molecule has 3 heteroatoms. The number of nitrogens with two attached hydrogens (primary N) is 1. The Hall–Kier alpha value is -0.960. The third kappa shape index (κ3) is 3.53. The van der Waals surface area contributed by atoms with Crippen molar-refractivity contribution >= 4 is 0 Å². The van der Waals surface area contributed by atoms with E-state index in [1.807, 2.05) is 0 Å². The van der Waals surface area contributed by atoms with Crippen LogP contribution in [0.2, 0.25) is 0 Å². The molecule has 2 N–H and O–H groups in total. The van der Waals surface area contributed by atoms with E-state index < -0.39 is 0 Å². The molecule has 19 heavy (non-hydrogen) atoms. The molecular formula is C16H27N3. The van der Waals surface area contributed by atoms with E-state index >= 15 is 0 Å². The Morgan fingerprint density at radius 2 is 1.89 bits per heavy atom.